The number of carbonyl (C=O) groups is 2. The number of rotatable bonds is 4. The van der Waals surface area contributed by atoms with Crippen LogP contribution in [-0.2, 0) is 9.59 Å². The molecule has 33 heavy (non-hydrogen) atoms. The fourth-order valence-corrected chi connectivity index (χ4v) is 5.25. The lowest BCUT2D eigenvalue weighted by Gasteiger charge is -2.22. The Labute approximate surface area is 197 Å². The summed E-state index contributed by atoms with van der Waals surface area (Å²) in [5, 5.41) is 13.5. The largest absolute Gasteiger partial charge is 0.507 e. The Kier molecular flexibility index (Phi) is 5.19. The maximum absolute atomic E-state index is 13.3. The third kappa shape index (κ3) is 3.39. The van der Waals surface area contributed by atoms with Crippen LogP contribution in [0.25, 0.3) is 16.8 Å². The number of hydrogen-bond acceptors (Lipinski definition) is 6. The minimum atomic E-state index is -0.866. The van der Waals surface area contributed by atoms with Gasteiger partial charge in [-0.2, -0.15) is 0 Å². The number of methoxy groups -OCH3 is 1. The number of aliphatic hydroxyl groups excluding tert-OH is 1. The number of halogens is 1. The van der Waals surface area contributed by atoms with Gasteiger partial charge in [0.25, 0.3) is 5.78 Å². The van der Waals surface area contributed by atoms with Crippen molar-refractivity contribution in [3.8, 4) is 5.75 Å². The fourth-order valence-electron chi connectivity index (χ4n) is 4.08. The van der Waals surface area contributed by atoms with E-state index in [2.05, 4.69) is 9.97 Å². The zero-order chi connectivity index (χ0) is 23.3. The number of carbonyl (C=O) groups excluding carboxylic acids is 2. The molecule has 2 N–H and O–H groups in total. The van der Waals surface area contributed by atoms with E-state index in [4.69, 9.17) is 16.3 Å². The molecule has 166 valence electrons. The topological polar surface area (TPSA) is 95.5 Å². The number of ether oxygens (including phenoxy) is 1. The number of nitrogens with zero attached hydrogens (tertiary/aromatic N) is 2. The minimum Gasteiger partial charge on any atom is -0.507 e. The van der Waals surface area contributed by atoms with Crippen molar-refractivity contribution in [3.63, 3.8) is 0 Å². The number of H-pyrrole nitrogens is 1. The molecule has 0 bridgehead atoms. The summed E-state index contributed by atoms with van der Waals surface area (Å²) in [5.41, 5.74) is 2.34. The first-order valence-corrected chi connectivity index (χ1v) is 11.3. The number of aryl methyl sites for hydroxylation is 1. The van der Waals surface area contributed by atoms with Gasteiger partial charge in [-0.25, -0.2) is 4.98 Å². The van der Waals surface area contributed by atoms with Crippen molar-refractivity contribution in [1.29, 1.82) is 0 Å². The third-order valence-corrected chi connectivity index (χ3v) is 6.71. The molecule has 0 saturated carbocycles. The molecule has 1 aliphatic rings. The number of aromatic amines is 1. The predicted molar refractivity (Wildman–Crippen MR) is 128 cm³/mol. The van der Waals surface area contributed by atoms with E-state index < -0.39 is 17.7 Å². The second-order valence-corrected chi connectivity index (χ2v) is 8.98. The Morgan fingerprint density at radius 1 is 1.21 bits per heavy atom. The molecule has 7 nitrogen and oxygen atoms in total. The van der Waals surface area contributed by atoms with Crippen molar-refractivity contribution in [1.82, 2.24) is 9.97 Å². The van der Waals surface area contributed by atoms with E-state index in [1.807, 2.05) is 48.7 Å². The molecule has 1 atom stereocenters. The van der Waals surface area contributed by atoms with Gasteiger partial charge in [0.05, 0.1) is 34.3 Å². The molecular formula is C24H18ClN3O4S. The Bertz CT molecular complexity index is 1410. The Morgan fingerprint density at radius 2 is 2.00 bits per heavy atom. The van der Waals surface area contributed by atoms with Crippen LogP contribution < -0.4 is 9.64 Å². The first-order valence-electron chi connectivity index (χ1n) is 10.0. The van der Waals surface area contributed by atoms with E-state index >= 15 is 0 Å². The number of fused-ring (bicyclic) bond motifs is 1. The molecular weight excluding hydrogens is 462 g/mol. The van der Waals surface area contributed by atoms with Gasteiger partial charge in [0.1, 0.15) is 17.6 Å². The van der Waals surface area contributed by atoms with Crippen molar-refractivity contribution in [3.05, 3.63) is 80.5 Å². The van der Waals surface area contributed by atoms with E-state index in [1.165, 1.54) is 23.3 Å². The molecule has 1 saturated heterocycles. The molecule has 0 radical (unpaired) electrons. The monoisotopic (exact) mass is 479 g/mol. The minimum absolute atomic E-state index is 0.0529. The Hall–Kier alpha value is -3.62. The summed E-state index contributed by atoms with van der Waals surface area (Å²) in [6, 6.07) is 13.5. The molecule has 1 aliphatic heterocycles. The van der Waals surface area contributed by atoms with Crippen molar-refractivity contribution in [2.45, 2.75) is 13.0 Å². The van der Waals surface area contributed by atoms with Crippen molar-refractivity contribution in [2.24, 2.45) is 0 Å². The van der Waals surface area contributed by atoms with E-state index in [-0.39, 0.29) is 28.6 Å². The summed E-state index contributed by atoms with van der Waals surface area (Å²) in [6.07, 6.45) is 0. The highest BCUT2D eigenvalue weighted by Crippen LogP contribution is 2.45. The van der Waals surface area contributed by atoms with Crippen LogP contribution in [0.1, 0.15) is 22.0 Å². The first-order chi connectivity index (χ1) is 15.9. The predicted octanol–water partition coefficient (Wildman–Crippen LogP) is 5.22. The van der Waals surface area contributed by atoms with Crippen molar-refractivity contribution >= 4 is 57.4 Å². The molecule has 3 heterocycles. The summed E-state index contributed by atoms with van der Waals surface area (Å²) in [4.78, 5) is 36.2. The number of imidazole rings is 1. The maximum atomic E-state index is 13.3. The van der Waals surface area contributed by atoms with Gasteiger partial charge in [-0.3, -0.25) is 14.5 Å². The number of thiophene rings is 1. The van der Waals surface area contributed by atoms with E-state index in [0.717, 1.165) is 11.1 Å². The number of nitrogens with one attached hydrogen (secondary N) is 1. The van der Waals surface area contributed by atoms with E-state index in [1.54, 1.807) is 12.1 Å². The van der Waals surface area contributed by atoms with Gasteiger partial charge >= 0.3 is 5.91 Å². The van der Waals surface area contributed by atoms with Gasteiger partial charge in [-0.05, 0) is 48.2 Å². The number of benzene rings is 2. The maximum Gasteiger partial charge on any atom is 0.302 e. The number of anilines is 1. The molecule has 0 aliphatic carbocycles. The van der Waals surface area contributed by atoms with Crippen LogP contribution in [-0.4, -0.2) is 33.9 Å². The highest BCUT2D eigenvalue weighted by atomic mass is 35.5. The molecule has 1 fully saturated rings. The standard InChI is InChI=1S/C24H18ClN3O4S/c1-12-10-13(22(32-2)14(25)11-12)20(29)18-19(17-8-5-9-33-17)28(23(31)21(18)30)24-26-15-6-3-4-7-16(15)27-24/h3-11,19,29H,1-2H3,(H,26,27)/b20-18+. The zero-order valence-corrected chi connectivity index (χ0v) is 19.2. The van der Waals surface area contributed by atoms with Gasteiger partial charge in [0.2, 0.25) is 5.95 Å². The molecule has 1 amide bonds. The van der Waals surface area contributed by atoms with Crippen LogP contribution in [0.3, 0.4) is 0 Å². The average Bonchev–Trinajstić information content (AvgIpc) is 3.51. The number of Topliss-reactive ketones (excluding diaryl/α,β-unsaturated/α-hetero) is 1. The fraction of sp³-hybridized carbons (Fsp3) is 0.125. The number of amides is 1. The normalized spacial score (nSPS) is 17.8. The summed E-state index contributed by atoms with van der Waals surface area (Å²) >= 11 is 7.69. The molecule has 5 rings (SSSR count). The number of ketones is 1. The number of aliphatic hydroxyl groups is 1. The van der Waals surface area contributed by atoms with Gasteiger partial charge in [0.15, 0.2) is 0 Å². The molecule has 4 aromatic rings. The SMILES string of the molecule is COc1c(Cl)cc(C)cc1/C(O)=C1\C(=O)C(=O)N(c2nc3ccccc3[nH]2)C1c1cccs1. The lowest BCUT2D eigenvalue weighted by atomic mass is 9.98. The molecule has 1 unspecified atom stereocenters. The van der Waals surface area contributed by atoms with Crippen LogP contribution in [0.2, 0.25) is 5.02 Å². The zero-order valence-electron chi connectivity index (χ0n) is 17.6. The van der Waals surface area contributed by atoms with E-state index in [9.17, 15) is 14.7 Å². The van der Waals surface area contributed by atoms with E-state index in [0.29, 0.717) is 15.4 Å². The van der Waals surface area contributed by atoms with Crippen LogP contribution in [0.4, 0.5) is 5.95 Å². The molecule has 9 heteroatoms. The van der Waals surface area contributed by atoms with Crippen molar-refractivity contribution < 1.29 is 19.4 Å². The van der Waals surface area contributed by atoms with Gasteiger partial charge in [-0.1, -0.05) is 29.8 Å². The van der Waals surface area contributed by atoms with Crippen LogP contribution >= 0.6 is 22.9 Å². The molecule has 0 spiro atoms. The van der Waals surface area contributed by atoms with Gasteiger partial charge in [0, 0.05) is 4.88 Å². The van der Waals surface area contributed by atoms with Crippen LogP contribution in [0.15, 0.2) is 59.5 Å². The quantitative estimate of drug-likeness (QED) is 0.237. The third-order valence-electron chi connectivity index (χ3n) is 5.51. The van der Waals surface area contributed by atoms with Crippen LogP contribution in [0, 0.1) is 6.92 Å². The van der Waals surface area contributed by atoms with Gasteiger partial charge < -0.3 is 14.8 Å². The number of hydrogen-bond donors (Lipinski definition) is 2. The number of aromatic nitrogens is 2. The number of para-hydroxylation sites is 2. The Balaban J connectivity index is 1.76. The molecule has 2 aromatic heterocycles. The van der Waals surface area contributed by atoms with Crippen molar-refractivity contribution in [2.75, 3.05) is 12.0 Å². The lowest BCUT2D eigenvalue weighted by molar-refractivity contribution is -0.132. The summed E-state index contributed by atoms with van der Waals surface area (Å²) in [7, 11) is 1.43. The highest BCUT2D eigenvalue weighted by molar-refractivity contribution is 7.10. The summed E-state index contributed by atoms with van der Waals surface area (Å²) in [6.45, 7) is 1.81. The molecule has 2 aromatic carbocycles. The Morgan fingerprint density at radius 3 is 2.70 bits per heavy atom. The summed E-state index contributed by atoms with van der Waals surface area (Å²) < 4.78 is 5.40. The van der Waals surface area contributed by atoms with Gasteiger partial charge in [-0.15, -0.1) is 11.3 Å². The lowest BCUT2D eigenvalue weighted by Crippen LogP contribution is -2.30. The van der Waals surface area contributed by atoms with Crippen LogP contribution in [0.5, 0.6) is 5.75 Å². The summed E-state index contributed by atoms with van der Waals surface area (Å²) in [5.74, 6) is -1.50. The second-order valence-electron chi connectivity index (χ2n) is 7.59. The average molecular weight is 480 g/mol. The smallest absolute Gasteiger partial charge is 0.302 e. The first kappa shape index (κ1) is 21.2. The highest BCUT2D eigenvalue weighted by Gasteiger charge is 2.49. The second kappa shape index (κ2) is 8.06.